The standard InChI is InChI=1S/C19H17N3O3S/c1-26(24,25)16-10-8-14(9-11-16)21-18-7-3-2-6-17(18)19(23)22-15-5-4-12-20-13-15/h2-13,21H,1H3,(H,22,23). The van der Waals surface area contributed by atoms with Crippen molar-refractivity contribution in [2.75, 3.05) is 16.9 Å². The molecule has 1 amide bonds. The van der Waals surface area contributed by atoms with Crippen molar-refractivity contribution in [2.24, 2.45) is 0 Å². The summed E-state index contributed by atoms with van der Waals surface area (Å²) in [7, 11) is -3.25. The highest BCUT2D eigenvalue weighted by Gasteiger charge is 2.12. The first-order valence-electron chi connectivity index (χ1n) is 7.81. The van der Waals surface area contributed by atoms with Gasteiger partial charge in [-0.25, -0.2) is 8.42 Å². The molecule has 7 heteroatoms. The van der Waals surface area contributed by atoms with Crippen molar-refractivity contribution in [2.45, 2.75) is 4.90 Å². The molecule has 6 nitrogen and oxygen atoms in total. The zero-order chi connectivity index (χ0) is 18.6. The Kier molecular flexibility index (Phi) is 4.99. The molecule has 26 heavy (non-hydrogen) atoms. The third kappa shape index (κ3) is 4.25. The fraction of sp³-hybridized carbons (Fsp3) is 0.0526. The number of rotatable bonds is 5. The number of sulfone groups is 1. The van der Waals surface area contributed by atoms with Gasteiger partial charge in [-0.3, -0.25) is 9.78 Å². The first kappa shape index (κ1) is 17.6. The first-order chi connectivity index (χ1) is 12.4. The molecule has 0 radical (unpaired) electrons. The van der Waals surface area contributed by atoms with E-state index >= 15 is 0 Å². The number of para-hydroxylation sites is 1. The average Bonchev–Trinajstić information content (AvgIpc) is 2.63. The summed E-state index contributed by atoms with van der Waals surface area (Å²) in [5.74, 6) is -0.270. The number of carbonyl (C=O) groups excluding carboxylic acids is 1. The number of aromatic nitrogens is 1. The quantitative estimate of drug-likeness (QED) is 0.721. The number of pyridine rings is 1. The molecule has 132 valence electrons. The van der Waals surface area contributed by atoms with E-state index in [1.54, 1.807) is 54.9 Å². The zero-order valence-electron chi connectivity index (χ0n) is 14.0. The lowest BCUT2D eigenvalue weighted by molar-refractivity contribution is 0.102. The molecule has 0 spiro atoms. The van der Waals surface area contributed by atoms with Gasteiger partial charge >= 0.3 is 0 Å². The van der Waals surface area contributed by atoms with Gasteiger partial charge in [-0.2, -0.15) is 0 Å². The van der Waals surface area contributed by atoms with Gasteiger partial charge < -0.3 is 10.6 Å². The molecular formula is C19H17N3O3S. The van der Waals surface area contributed by atoms with E-state index in [0.717, 1.165) is 6.26 Å². The molecule has 1 heterocycles. The largest absolute Gasteiger partial charge is 0.355 e. The molecule has 0 aliphatic rings. The summed E-state index contributed by atoms with van der Waals surface area (Å²) in [6.45, 7) is 0. The van der Waals surface area contributed by atoms with Crippen molar-refractivity contribution < 1.29 is 13.2 Å². The fourth-order valence-corrected chi connectivity index (χ4v) is 3.00. The normalized spacial score (nSPS) is 11.0. The van der Waals surface area contributed by atoms with Crippen molar-refractivity contribution in [3.63, 3.8) is 0 Å². The second-order valence-corrected chi connectivity index (χ2v) is 7.68. The van der Waals surface area contributed by atoms with Crippen molar-refractivity contribution in [1.29, 1.82) is 0 Å². The van der Waals surface area contributed by atoms with Gasteiger partial charge in [0.25, 0.3) is 5.91 Å². The number of benzene rings is 2. The first-order valence-corrected chi connectivity index (χ1v) is 9.70. The highest BCUT2D eigenvalue weighted by molar-refractivity contribution is 7.90. The Hall–Kier alpha value is -3.19. The molecule has 0 saturated carbocycles. The van der Waals surface area contributed by atoms with Gasteiger partial charge in [0.2, 0.25) is 0 Å². The molecule has 3 rings (SSSR count). The topological polar surface area (TPSA) is 88.2 Å². The van der Waals surface area contributed by atoms with E-state index in [0.29, 0.717) is 22.6 Å². The van der Waals surface area contributed by atoms with Crippen LogP contribution < -0.4 is 10.6 Å². The zero-order valence-corrected chi connectivity index (χ0v) is 14.8. The Morgan fingerprint density at radius 3 is 2.31 bits per heavy atom. The third-order valence-electron chi connectivity index (χ3n) is 3.65. The number of carbonyl (C=O) groups is 1. The predicted molar refractivity (Wildman–Crippen MR) is 101 cm³/mol. The minimum absolute atomic E-state index is 0.241. The van der Waals surface area contributed by atoms with Crippen LogP contribution in [0.5, 0.6) is 0 Å². The van der Waals surface area contributed by atoms with E-state index in [-0.39, 0.29) is 10.8 Å². The summed E-state index contributed by atoms with van der Waals surface area (Å²) >= 11 is 0. The lowest BCUT2D eigenvalue weighted by Gasteiger charge is -2.12. The summed E-state index contributed by atoms with van der Waals surface area (Å²) in [5.41, 5.74) is 2.35. The number of amides is 1. The van der Waals surface area contributed by atoms with E-state index in [9.17, 15) is 13.2 Å². The molecule has 2 aromatic carbocycles. The van der Waals surface area contributed by atoms with Gasteiger partial charge in [-0.1, -0.05) is 12.1 Å². The van der Waals surface area contributed by atoms with Crippen molar-refractivity contribution >= 4 is 32.8 Å². The lowest BCUT2D eigenvalue weighted by Crippen LogP contribution is -2.14. The van der Waals surface area contributed by atoms with Crippen LogP contribution in [-0.2, 0) is 9.84 Å². The van der Waals surface area contributed by atoms with E-state index in [1.807, 2.05) is 6.07 Å². The van der Waals surface area contributed by atoms with Gasteiger partial charge in [0.05, 0.1) is 28.0 Å². The van der Waals surface area contributed by atoms with Crippen LogP contribution in [0, 0.1) is 0 Å². The maximum atomic E-state index is 12.6. The summed E-state index contributed by atoms with van der Waals surface area (Å²) in [6.07, 6.45) is 4.36. The van der Waals surface area contributed by atoms with Gasteiger partial charge in [-0.05, 0) is 48.5 Å². The highest BCUT2D eigenvalue weighted by Crippen LogP contribution is 2.23. The Bertz CT molecular complexity index is 1020. The lowest BCUT2D eigenvalue weighted by atomic mass is 10.1. The van der Waals surface area contributed by atoms with Crippen molar-refractivity contribution in [3.8, 4) is 0 Å². The molecule has 2 N–H and O–H groups in total. The summed E-state index contributed by atoms with van der Waals surface area (Å²) in [4.78, 5) is 16.8. The molecule has 0 atom stereocenters. The summed E-state index contributed by atoms with van der Waals surface area (Å²) in [5, 5.41) is 5.94. The van der Waals surface area contributed by atoms with Crippen LogP contribution in [0.1, 0.15) is 10.4 Å². The molecule has 0 bridgehead atoms. The van der Waals surface area contributed by atoms with E-state index < -0.39 is 9.84 Å². The average molecular weight is 367 g/mol. The summed E-state index contributed by atoms with van der Waals surface area (Å²) < 4.78 is 23.1. The minimum Gasteiger partial charge on any atom is -0.355 e. The predicted octanol–water partition coefficient (Wildman–Crippen LogP) is 3.48. The molecule has 0 saturated heterocycles. The van der Waals surface area contributed by atoms with Gasteiger partial charge in [0, 0.05) is 18.1 Å². The Morgan fingerprint density at radius 2 is 1.65 bits per heavy atom. The Labute approximate surface area is 151 Å². The fourth-order valence-electron chi connectivity index (χ4n) is 2.37. The van der Waals surface area contributed by atoms with E-state index in [4.69, 9.17) is 0 Å². The van der Waals surface area contributed by atoms with Crippen LogP contribution in [-0.4, -0.2) is 25.6 Å². The van der Waals surface area contributed by atoms with Crippen molar-refractivity contribution in [1.82, 2.24) is 4.98 Å². The smallest absolute Gasteiger partial charge is 0.257 e. The maximum Gasteiger partial charge on any atom is 0.257 e. The van der Waals surface area contributed by atoms with Crippen molar-refractivity contribution in [3.05, 3.63) is 78.6 Å². The van der Waals surface area contributed by atoms with Crippen LogP contribution in [0.25, 0.3) is 0 Å². The van der Waals surface area contributed by atoms with Gasteiger partial charge in [-0.15, -0.1) is 0 Å². The molecule has 1 aromatic heterocycles. The molecule has 3 aromatic rings. The second-order valence-electron chi connectivity index (χ2n) is 5.66. The number of nitrogens with one attached hydrogen (secondary N) is 2. The minimum atomic E-state index is -3.25. The van der Waals surface area contributed by atoms with E-state index in [2.05, 4.69) is 15.6 Å². The van der Waals surface area contributed by atoms with Crippen LogP contribution in [0.4, 0.5) is 17.1 Å². The number of anilines is 3. The van der Waals surface area contributed by atoms with Gasteiger partial charge in [0.15, 0.2) is 9.84 Å². The van der Waals surface area contributed by atoms with Crippen LogP contribution in [0.15, 0.2) is 78.0 Å². The highest BCUT2D eigenvalue weighted by atomic mass is 32.2. The molecule has 0 aliphatic heterocycles. The molecular weight excluding hydrogens is 350 g/mol. The Morgan fingerprint density at radius 1 is 0.923 bits per heavy atom. The maximum absolute atomic E-state index is 12.6. The molecule has 0 fully saturated rings. The monoisotopic (exact) mass is 367 g/mol. The van der Waals surface area contributed by atoms with Crippen LogP contribution in [0.3, 0.4) is 0 Å². The van der Waals surface area contributed by atoms with E-state index in [1.165, 1.54) is 12.1 Å². The number of hydrogen-bond donors (Lipinski definition) is 2. The summed E-state index contributed by atoms with van der Waals surface area (Å²) in [6, 6.07) is 16.9. The van der Waals surface area contributed by atoms with Gasteiger partial charge in [0.1, 0.15) is 0 Å². The molecule has 0 aliphatic carbocycles. The van der Waals surface area contributed by atoms with Crippen LogP contribution in [0.2, 0.25) is 0 Å². The number of hydrogen-bond acceptors (Lipinski definition) is 5. The third-order valence-corrected chi connectivity index (χ3v) is 4.78. The Balaban J connectivity index is 1.82. The SMILES string of the molecule is CS(=O)(=O)c1ccc(Nc2ccccc2C(=O)Nc2cccnc2)cc1. The number of nitrogens with zero attached hydrogens (tertiary/aromatic N) is 1. The molecule has 0 unspecified atom stereocenters. The second kappa shape index (κ2) is 7.37. The van der Waals surface area contributed by atoms with Crippen LogP contribution >= 0.6 is 0 Å².